The third-order valence-corrected chi connectivity index (χ3v) is 8.78. The number of hydrogen-bond acceptors (Lipinski definition) is 5. The molecule has 0 saturated carbocycles. The van der Waals surface area contributed by atoms with Gasteiger partial charge in [-0.3, -0.25) is 14.4 Å². The third kappa shape index (κ3) is 7.51. The minimum Gasteiger partial charge on any atom is -0.343 e. The van der Waals surface area contributed by atoms with E-state index in [1.54, 1.807) is 23.8 Å². The summed E-state index contributed by atoms with van der Waals surface area (Å²) in [6.45, 7) is 4.02. The minimum atomic E-state index is -1.02. The number of anilines is 1. The maximum Gasteiger partial charge on any atom is 0.321 e. The molecule has 2 aliphatic rings. The van der Waals surface area contributed by atoms with Gasteiger partial charge in [0.1, 0.15) is 12.1 Å². The average Bonchev–Trinajstić information content (AvgIpc) is 3.48. The van der Waals surface area contributed by atoms with Crippen LogP contribution in [0.15, 0.2) is 84.9 Å². The molecule has 4 N–H and O–H groups in total. The van der Waals surface area contributed by atoms with E-state index in [1.165, 1.54) is 0 Å². The van der Waals surface area contributed by atoms with Crippen LogP contribution in [0.3, 0.4) is 0 Å². The van der Waals surface area contributed by atoms with E-state index >= 15 is 0 Å². The summed E-state index contributed by atoms with van der Waals surface area (Å²) >= 11 is 0. The van der Waals surface area contributed by atoms with Crippen LogP contribution in [0.5, 0.6) is 0 Å². The number of hydrogen-bond donors (Lipinski definition) is 4. The molecule has 0 radical (unpaired) electrons. The van der Waals surface area contributed by atoms with Crippen LogP contribution in [0.25, 0.3) is 0 Å². The fourth-order valence-corrected chi connectivity index (χ4v) is 6.08. The molecule has 10 heteroatoms. The standard InChI is InChI=1S/C35H42N6O4/c1-23-14-16-27(17-15-23)37-35(45)40-21-20-28-18-19-30(41(28)34(44)29(22-40)38-32(42)24(2)36-3)33(43)39-31(25-10-6-4-7-11-25)26-12-8-5-9-13-26/h4-17,24,28-31,36H,18-22H2,1-3H3,(H,37,45)(H,38,42)(H,39,43)/t24-,28+,29-,30-/m0/s1. The molecule has 2 fully saturated rings. The van der Waals surface area contributed by atoms with Crippen molar-refractivity contribution in [2.24, 2.45) is 0 Å². The van der Waals surface area contributed by atoms with Gasteiger partial charge in [-0.15, -0.1) is 0 Å². The summed E-state index contributed by atoms with van der Waals surface area (Å²) in [5, 5.41) is 11.9. The highest BCUT2D eigenvalue weighted by Crippen LogP contribution is 2.31. The zero-order valence-corrected chi connectivity index (χ0v) is 26.0. The van der Waals surface area contributed by atoms with Crippen LogP contribution in [0.2, 0.25) is 0 Å². The molecule has 4 atom stereocenters. The summed E-state index contributed by atoms with van der Waals surface area (Å²) in [4.78, 5) is 57.9. The highest BCUT2D eigenvalue weighted by atomic mass is 16.2. The van der Waals surface area contributed by atoms with Gasteiger partial charge in [-0.25, -0.2) is 4.79 Å². The fraction of sp³-hybridized carbons (Fsp3) is 0.371. The van der Waals surface area contributed by atoms with Crippen molar-refractivity contribution in [2.45, 2.75) is 63.3 Å². The van der Waals surface area contributed by atoms with Crippen molar-refractivity contribution >= 4 is 29.4 Å². The maximum absolute atomic E-state index is 14.3. The monoisotopic (exact) mass is 610 g/mol. The van der Waals surface area contributed by atoms with Crippen LogP contribution < -0.4 is 21.3 Å². The number of rotatable bonds is 8. The number of carbonyl (C=O) groups is 4. The van der Waals surface area contributed by atoms with Gasteiger partial charge < -0.3 is 31.1 Å². The quantitative estimate of drug-likeness (QED) is 0.311. The number of benzene rings is 3. The van der Waals surface area contributed by atoms with Gasteiger partial charge in [-0.2, -0.15) is 0 Å². The van der Waals surface area contributed by atoms with Crippen LogP contribution in [0, 0.1) is 6.92 Å². The predicted octanol–water partition coefficient (Wildman–Crippen LogP) is 3.59. The Bertz CT molecular complexity index is 1440. The first kappa shape index (κ1) is 31.7. The SMILES string of the molecule is CN[C@@H](C)C(=O)N[C@H]1CN(C(=O)Nc2ccc(C)cc2)CC[C@H]2CC[C@@H](C(=O)NC(c3ccccc3)c3ccccc3)N2C1=O. The molecule has 2 heterocycles. The maximum atomic E-state index is 14.3. The van der Waals surface area contributed by atoms with Crippen molar-refractivity contribution in [2.75, 3.05) is 25.5 Å². The summed E-state index contributed by atoms with van der Waals surface area (Å²) in [5.41, 5.74) is 3.60. The minimum absolute atomic E-state index is 0.0209. The summed E-state index contributed by atoms with van der Waals surface area (Å²) in [5.74, 6) is -0.967. The summed E-state index contributed by atoms with van der Waals surface area (Å²) in [6, 6.07) is 23.7. The Morgan fingerprint density at radius 2 is 1.47 bits per heavy atom. The molecule has 0 aromatic heterocycles. The molecular weight excluding hydrogens is 568 g/mol. The van der Waals surface area contributed by atoms with Crippen molar-refractivity contribution in [1.29, 1.82) is 0 Å². The highest BCUT2D eigenvalue weighted by molar-refractivity contribution is 5.95. The Labute approximate surface area is 264 Å². The third-order valence-electron chi connectivity index (χ3n) is 8.78. The molecule has 2 saturated heterocycles. The van der Waals surface area contributed by atoms with Crippen molar-refractivity contribution in [3.63, 3.8) is 0 Å². The Morgan fingerprint density at radius 3 is 2.07 bits per heavy atom. The highest BCUT2D eigenvalue weighted by Gasteiger charge is 2.46. The Balaban J connectivity index is 1.38. The first-order chi connectivity index (χ1) is 21.7. The number of likely N-dealkylation sites (N-methyl/N-ethyl adjacent to an activating group) is 1. The van der Waals surface area contributed by atoms with E-state index in [1.807, 2.05) is 91.9 Å². The topological polar surface area (TPSA) is 123 Å². The van der Waals surface area contributed by atoms with Crippen LogP contribution in [0.1, 0.15) is 48.9 Å². The van der Waals surface area contributed by atoms with E-state index in [0.717, 1.165) is 16.7 Å². The average molecular weight is 611 g/mol. The second kappa shape index (κ2) is 14.4. The molecule has 5 amide bonds. The number of aryl methyl sites for hydroxylation is 1. The normalized spacial score (nSPS) is 20.5. The van der Waals surface area contributed by atoms with Crippen molar-refractivity contribution < 1.29 is 19.2 Å². The molecule has 45 heavy (non-hydrogen) atoms. The molecule has 0 aliphatic carbocycles. The second-order valence-electron chi connectivity index (χ2n) is 11.9. The smallest absolute Gasteiger partial charge is 0.321 e. The number of nitrogens with zero attached hydrogens (tertiary/aromatic N) is 2. The van der Waals surface area contributed by atoms with Crippen LogP contribution in [-0.4, -0.2) is 77.9 Å². The molecule has 5 rings (SSSR count). The lowest BCUT2D eigenvalue weighted by Gasteiger charge is -2.39. The van der Waals surface area contributed by atoms with Gasteiger partial charge >= 0.3 is 6.03 Å². The van der Waals surface area contributed by atoms with E-state index < -0.39 is 24.2 Å². The van der Waals surface area contributed by atoms with Gasteiger partial charge in [0, 0.05) is 18.3 Å². The number of urea groups is 1. The summed E-state index contributed by atoms with van der Waals surface area (Å²) < 4.78 is 0. The van der Waals surface area contributed by atoms with Crippen molar-refractivity contribution in [1.82, 2.24) is 25.8 Å². The number of amides is 5. The second-order valence-corrected chi connectivity index (χ2v) is 11.9. The molecule has 236 valence electrons. The van der Waals surface area contributed by atoms with Gasteiger partial charge in [0.2, 0.25) is 17.7 Å². The van der Waals surface area contributed by atoms with Crippen LogP contribution in [0.4, 0.5) is 10.5 Å². The molecular formula is C35H42N6O4. The van der Waals surface area contributed by atoms with Crippen LogP contribution in [-0.2, 0) is 14.4 Å². The van der Waals surface area contributed by atoms with Crippen molar-refractivity contribution in [3.8, 4) is 0 Å². The summed E-state index contributed by atoms with van der Waals surface area (Å²) in [6.07, 6.45) is 1.62. The molecule has 2 aliphatic heterocycles. The Hall–Kier alpha value is -4.70. The lowest BCUT2D eigenvalue weighted by Crippen LogP contribution is -2.62. The van der Waals surface area contributed by atoms with E-state index in [-0.39, 0.29) is 36.3 Å². The van der Waals surface area contributed by atoms with Gasteiger partial charge in [0.15, 0.2) is 0 Å². The van der Waals surface area contributed by atoms with E-state index in [0.29, 0.717) is 31.5 Å². The van der Waals surface area contributed by atoms with Crippen LogP contribution >= 0.6 is 0 Å². The predicted molar refractivity (Wildman–Crippen MR) is 173 cm³/mol. The van der Waals surface area contributed by atoms with E-state index in [9.17, 15) is 19.2 Å². The summed E-state index contributed by atoms with van der Waals surface area (Å²) in [7, 11) is 1.66. The first-order valence-electron chi connectivity index (χ1n) is 15.6. The van der Waals surface area contributed by atoms with E-state index in [4.69, 9.17) is 0 Å². The molecule has 0 unspecified atom stereocenters. The lowest BCUT2D eigenvalue weighted by atomic mass is 9.98. The zero-order chi connectivity index (χ0) is 31.9. The van der Waals surface area contributed by atoms with Gasteiger partial charge in [-0.05, 0) is 63.4 Å². The number of nitrogens with one attached hydrogen (secondary N) is 4. The van der Waals surface area contributed by atoms with Gasteiger partial charge in [0.25, 0.3) is 0 Å². The molecule has 3 aromatic rings. The van der Waals surface area contributed by atoms with Gasteiger partial charge in [0.05, 0.1) is 18.6 Å². The number of carbonyl (C=O) groups excluding carboxylic acids is 4. The molecule has 0 spiro atoms. The fourth-order valence-electron chi connectivity index (χ4n) is 6.08. The van der Waals surface area contributed by atoms with Crippen molar-refractivity contribution in [3.05, 3.63) is 102 Å². The Morgan fingerprint density at radius 1 is 0.844 bits per heavy atom. The van der Waals surface area contributed by atoms with Gasteiger partial charge in [-0.1, -0.05) is 78.4 Å². The van der Waals surface area contributed by atoms with E-state index in [2.05, 4.69) is 21.3 Å². The number of fused-ring (bicyclic) bond motifs is 1. The lowest BCUT2D eigenvalue weighted by molar-refractivity contribution is -0.144. The molecule has 3 aromatic carbocycles. The molecule has 0 bridgehead atoms. The molecule has 10 nitrogen and oxygen atoms in total. The largest absolute Gasteiger partial charge is 0.343 e. The Kier molecular flexibility index (Phi) is 10.1. The first-order valence-corrected chi connectivity index (χ1v) is 15.6. The zero-order valence-electron chi connectivity index (χ0n) is 26.0.